The minimum atomic E-state index is 0.478. The molecule has 0 unspecified atom stereocenters. The molecule has 5 N–H and O–H groups in total. The van der Waals surface area contributed by atoms with Crippen LogP contribution in [0.4, 0.5) is 34.1 Å². The van der Waals surface area contributed by atoms with Gasteiger partial charge in [-0.2, -0.15) is 5.11 Å². The lowest BCUT2D eigenvalue weighted by Gasteiger charge is -2.09. The second-order valence-electron chi connectivity index (χ2n) is 5.76. The van der Waals surface area contributed by atoms with Gasteiger partial charge in [0, 0.05) is 29.2 Å². The molecule has 0 amide bonds. The van der Waals surface area contributed by atoms with Gasteiger partial charge in [-0.25, -0.2) is 0 Å². The molecule has 7 nitrogen and oxygen atoms in total. The summed E-state index contributed by atoms with van der Waals surface area (Å²) >= 11 is 0. The van der Waals surface area contributed by atoms with Crippen LogP contribution < -0.4 is 26.3 Å². The fourth-order valence-electron chi connectivity index (χ4n) is 2.44. The summed E-state index contributed by atoms with van der Waals surface area (Å²) in [6.45, 7) is 0. The minimum Gasteiger partial charge on any atom is -0.495 e. The molecule has 3 aromatic rings. The number of benzene rings is 3. The van der Waals surface area contributed by atoms with Crippen LogP contribution in [-0.2, 0) is 0 Å². The lowest BCUT2D eigenvalue weighted by molar-refractivity contribution is 0.406. The average Bonchev–Trinajstić information content (AvgIpc) is 2.69. The molecule has 0 radical (unpaired) electrons. The van der Waals surface area contributed by atoms with E-state index in [1.807, 2.05) is 48.5 Å². The monoisotopic (exact) mass is 363 g/mol. The molecule has 0 saturated heterocycles. The number of nitrogens with zero attached hydrogens (tertiary/aromatic N) is 2. The number of ether oxygens (including phenoxy) is 2. The SMILES string of the molecule is COc1cc(N=Nc2ccc(Nc3ccc(N)cc3)cc2)c(OC)cc1N. The Hall–Kier alpha value is -3.74. The normalized spacial score (nSPS) is 10.7. The number of azo groups is 1. The molecular weight excluding hydrogens is 342 g/mol. The quantitative estimate of drug-likeness (QED) is 0.421. The standard InChI is InChI=1S/C20H21N5O2/c1-26-19-12-18(20(27-2)11-17(19)22)25-24-16-9-7-15(8-10-16)23-14-5-3-13(21)4-6-14/h3-12,23H,21-22H2,1-2H3. The van der Waals surface area contributed by atoms with Gasteiger partial charge in [-0.15, -0.1) is 5.11 Å². The zero-order valence-corrected chi connectivity index (χ0v) is 15.1. The number of methoxy groups -OCH3 is 2. The molecular formula is C20H21N5O2. The number of rotatable bonds is 6. The summed E-state index contributed by atoms with van der Waals surface area (Å²) in [5, 5.41) is 11.8. The van der Waals surface area contributed by atoms with Crippen molar-refractivity contribution < 1.29 is 9.47 Å². The van der Waals surface area contributed by atoms with Crippen LogP contribution in [0.2, 0.25) is 0 Å². The van der Waals surface area contributed by atoms with Crippen LogP contribution in [0.3, 0.4) is 0 Å². The van der Waals surface area contributed by atoms with E-state index in [1.165, 1.54) is 0 Å². The number of nitrogens with one attached hydrogen (secondary N) is 1. The third kappa shape index (κ3) is 4.46. The molecule has 7 heteroatoms. The van der Waals surface area contributed by atoms with Crippen LogP contribution in [0.25, 0.3) is 0 Å². The van der Waals surface area contributed by atoms with E-state index >= 15 is 0 Å². The fourth-order valence-corrected chi connectivity index (χ4v) is 2.44. The van der Waals surface area contributed by atoms with Crippen molar-refractivity contribution in [2.24, 2.45) is 10.2 Å². The highest BCUT2D eigenvalue weighted by molar-refractivity contribution is 5.67. The van der Waals surface area contributed by atoms with Gasteiger partial charge in [0.25, 0.3) is 0 Å². The van der Waals surface area contributed by atoms with Gasteiger partial charge in [0.1, 0.15) is 17.2 Å². The van der Waals surface area contributed by atoms with Crippen LogP contribution >= 0.6 is 0 Å². The number of hydrogen-bond acceptors (Lipinski definition) is 7. The number of hydrogen-bond donors (Lipinski definition) is 3. The topological polar surface area (TPSA) is 107 Å². The molecule has 0 aliphatic rings. The van der Waals surface area contributed by atoms with E-state index in [0.29, 0.717) is 28.6 Å². The van der Waals surface area contributed by atoms with Crippen molar-refractivity contribution in [1.82, 2.24) is 0 Å². The van der Waals surface area contributed by atoms with Crippen LogP contribution in [0, 0.1) is 0 Å². The summed E-state index contributed by atoms with van der Waals surface area (Å²) in [6, 6.07) is 18.5. The van der Waals surface area contributed by atoms with E-state index in [4.69, 9.17) is 20.9 Å². The molecule has 3 aromatic carbocycles. The van der Waals surface area contributed by atoms with Crippen LogP contribution in [0.1, 0.15) is 0 Å². The van der Waals surface area contributed by atoms with E-state index in [0.717, 1.165) is 17.1 Å². The second-order valence-corrected chi connectivity index (χ2v) is 5.76. The van der Waals surface area contributed by atoms with E-state index in [1.54, 1.807) is 26.4 Å². The Labute approximate surface area is 157 Å². The highest BCUT2D eigenvalue weighted by atomic mass is 16.5. The second kappa shape index (κ2) is 8.09. The third-order valence-corrected chi connectivity index (χ3v) is 3.87. The highest BCUT2D eigenvalue weighted by Crippen LogP contribution is 2.37. The molecule has 138 valence electrons. The van der Waals surface area contributed by atoms with E-state index in [-0.39, 0.29) is 0 Å². The van der Waals surface area contributed by atoms with Gasteiger partial charge in [0.15, 0.2) is 0 Å². The number of anilines is 4. The Morgan fingerprint density at radius 2 is 1.33 bits per heavy atom. The van der Waals surface area contributed by atoms with Crippen LogP contribution in [-0.4, -0.2) is 14.2 Å². The molecule has 0 saturated carbocycles. The first-order valence-electron chi connectivity index (χ1n) is 8.25. The number of nitrogen functional groups attached to an aromatic ring is 2. The van der Waals surface area contributed by atoms with Crippen LogP contribution in [0.5, 0.6) is 11.5 Å². The van der Waals surface area contributed by atoms with Gasteiger partial charge in [-0.05, 0) is 48.5 Å². The molecule has 0 aromatic heterocycles. The van der Waals surface area contributed by atoms with E-state index < -0.39 is 0 Å². The molecule has 0 heterocycles. The lowest BCUT2D eigenvalue weighted by Crippen LogP contribution is -1.93. The minimum absolute atomic E-state index is 0.478. The van der Waals surface area contributed by atoms with Gasteiger partial charge < -0.3 is 26.3 Å². The smallest absolute Gasteiger partial charge is 0.148 e. The molecule has 0 bridgehead atoms. The molecule has 0 aliphatic heterocycles. The Balaban J connectivity index is 1.75. The molecule has 27 heavy (non-hydrogen) atoms. The Morgan fingerprint density at radius 1 is 0.741 bits per heavy atom. The molecule has 0 atom stereocenters. The maximum Gasteiger partial charge on any atom is 0.148 e. The largest absolute Gasteiger partial charge is 0.495 e. The van der Waals surface area contributed by atoms with E-state index in [2.05, 4.69) is 15.5 Å². The third-order valence-electron chi connectivity index (χ3n) is 3.87. The fraction of sp³-hybridized carbons (Fsp3) is 0.100. The Kier molecular flexibility index (Phi) is 5.41. The summed E-state index contributed by atoms with van der Waals surface area (Å²) in [5.74, 6) is 1.05. The van der Waals surface area contributed by atoms with Crippen LogP contribution in [0.15, 0.2) is 70.9 Å². The maximum atomic E-state index is 5.88. The average molecular weight is 363 g/mol. The Morgan fingerprint density at radius 3 is 1.93 bits per heavy atom. The summed E-state index contributed by atoms with van der Waals surface area (Å²) < 4.78 is 10.5. The maximum absolute atomic E-state index is 5.88. The van der Waals surface area contributed by atoms with Crippen molar-refractivity contribution in [3.05, 3.63) is 60.7 Å². The molecule has 0 aliphatic carbocycles. The van der Waals surface area contributed by atoms with Crippen molar-refractivity contribution in [3.8, 4) is 11.5 Å². The summed E-state index contributed by atoms with van der Waals surface area (Å²) in [7, 11) is 3.10. The van der Waals surface area contributed by atoms with Gasteiger partial charge in [-0.1, -0.05) is 0 Å². The first-order chi connectivity index (χ1) is 13.1. The highest BCUT2D eigenvalue weighted by Gasteiger charge is 2.08. The summed E-state index contributed by atoms with van der Waals surface area (Å²) in [4.78, 5) is 0. The zero-order chi connectivity index (χ0) is 19.2. The lowest BCUT2D eigenvalue weighted by atomic mass is 10.2. The van der Waals surface area contributed by atoms with Gasteiger partial charge in [0.05, 0.1) is 25.6 Å². The summed E-state index contributed by atoms with van der Waals surface area (Å²) in [6.07, 6.45) is 0. The first-order valence-corrected chi connectivity index (χ1v) is 8.25. The summed E-state index contributed by atoms with van der Waals surface area (Å²) in [5.41, 5.74) is 15.9. The van der Waals surface area contributed by atoms with Gasteiger partial charge in [0.2, 0.25) is 0 Å². The molecule has 0 fully saturated rings. The zero-order valence-electron chi connectivity index (χ0n) is 15.1. The van der Waals surface area contributed by atoms with E-state index in [9.17, 15) is 0 Å². The van der Waals surface area contributed by atoms with Crippen molar-refractivity contribution in [3.63, 3.8) is 0 Å². The molecule has 0 spiro atoms. The van der Waals surface area contributed by atoms with Crippen molar-refractivity contribution in [2.45, 2.75) is 0 Å². The molecule has 3 rings (SSSR count). The van der Waals surface area contributed by atoms with Gasteiger partial charge >= 0.3 is 0 Å². The van der Waals surface area contributed by atoms with Gasteiger partial charge in [-0.3, -0.25) is 0 Å². The predicted molar refractivity (Wildman–Crippen MR) is 109 cm³/mol. The van der Waals surface area contributed by atoms with Crippen molar-refractivity contribution in [1.29, 1.82) is 0 Å². The predicted octanol–water partition coefficient (Wildman–Crippen LogP) is 5.03. The van der Waals surface area contributed by atoms with Crippen molar-refractivity contribution in [2.75, 3.05) is 31.0 Å². The number of nitrogens with two attached hydrogens (primary N) is 2. The first kappa shape index (κ1) is 18.1. The Bertz CT molecular complexity index is 938. The van der Waals surface area contributed by atoms with Crippen molar-refractivity contribution >= 4 is 34.1 Å².